The van der Waals surface area contributed by atoms with Crippen molar-refractivity contribution in [3.63, 3.8) is 0 Å². The summed E-state index contributed by atoms with van der Waals surface area (Å²) in [4.78, 5) is 12.0. The van der Waals surface area contributed by atoms with Crippen LogP contribution in [0.1, 0.15) is 67.4 Å². The van der Waals surface area contributed by atoms with Gasteiger partial charge in [0.2, 0.25) is 0 Å². The Morgan fingerprint density at radius 1 is 1.17 bits per heavy atom. The SMILES string of the molecule is CCCCCCc1c(O)ccc(C)c1C(=O)CC. The molecule has 0 saturated heterocycles. The molecule has 0 aliphatic rings. The Kier molecular flexibility index (Phi) is 5.90. The van der Waals surface area contributed by atoms with Crippen LogP contribution in [0.4, 0.5) is 0 Å². The fraction of sp³-hybridized carbons (Fsp3) is 0.562. The third kappa shape index (κ3) is 3.59. The standard InChI is InChI=1S/C16H24O2/c1-4-6-7-8-9-13-15(18)11-10-12(3)16(13)14(17)5-2/h10-11,18H,4-9H2,1-3H3. The fourth-order valence-electron chi connectivity index (χ4n) is 2.30. The van der Waals surface area contributed by atoms with Crippen LogP contribution in [0.25, 0.3) is 0 Å². The summed E-state index contributed by atoms with van der Waals surface area (Å²) in [6.07, 6.45) is 5.89. The molecule has 1 aromatic rings. The number of ketones is 1. The average Bonchev–Trinajstić information content (AvgIpc) is 2.37. The van der Waals surface area contributed by atoms with Gasteiger partial charge < -0.3 is 5.11 Å². The molecule has 0 aliphatic heterocycles. The molecule has 0 heterocycles. The topological polar surface area (TPSA) is 37.3 Å². The molecule has 0 saturated carbocycles. The van der Waals surface area contributed by atoms with Gasteiger partial charge in [0.1, 0.15) is 5.75 Å². The number of hydrogen-bond donors (Lipinski definition) is 1. The van der Waals surface area contributed by atoms with Crippen LogP contribution in [0.2, 0.25) is 0 Å². The van der Waals surface area contributed by atoms with Gasteiger partial charge in [-0.05, 0) is 31.4 Å². The summed E-state index contributed by atoms with van der Waals surface area (Å²) in [7, 11) is 0. The molecular weight excluding hydrogens is 224 g/mol. The molecule has 2 nitrogen and oxygen atoms in total. The van der Waals surface area contributed by atoms with Crippen molar-refractivity contribution < 1.29 is 9.90 Å². The van der Waals surface area contributed by atoms with E-state index in [1.165, 1.54) is 12.8 Å². The summed E-state index contributed by atoms with van der Waals surface area (Å²) in [6.45, 7) is 5.99. The first-order valence-electron chi connectivity index (χ1n) is 6.96. The number of carbonyl (C=O) groups is 1. The normalized spacial score (nSPS) is 10.6. The highest BCUT2D eigenvalue weighted by atomic mass is 16.3. The molecule has 0 aromatic heterocycles. The zero-order chi connectivity index (χ0) is 13.5. The molecule has 1 rings (SSSR count). The lowest BCUT2D eigenvalue weighted by molar-refractivity contribution is 0.0986. The monoisotopic (exact) mass is 248 g/mol. The van der Waals surface area contributed by atoms with Gasteiger partial charge in [0.05, 0.1) is 0 Å². The average molecular weight is 248 g/mol. The number of carbonyl (C=O) groups excluding carboxylic acids is 1. The maximum Gasteiger partial charge on any atom is 0.163 e. The second-order valence-corrected chi connectivity index (χ2v) is 4.84. The van der Waals surface area contributed by atoms with Crippen LogP contribution in [0, 0.1) is 6.92 Å². The first-order valence-corrected chi connectivity index (χ1v) is 6.96. The van der Waals surface area contributed by atoms with Crippen molar-refractivity contribution in [2.24, 2.45) is 0 Å². The van der Waals surface area contributed by atoms with Gasteiger partial charge in [-0.25, -0.2) is 0 Å². The Bertz CT molecular complexity index is 408. The summed E-state index contributed by atoms with van der Waals surface area (Å²) in [6, 6.07) is 3.53. The predicted octanol–water partition coefficient (Wildman–Crippen LogP) is 4.42. The van der Waals surface area contributed by atoms with Gasteiger partial charge >= 0.3 is 0 Å². The lowest BCUT2D eigenvalue weighted by Gasteiger charge is -2.13. The summed E-state index contributed by atoms with van der Waals surface area (Å²) in [5, 5.41) is 9.96. The number of Topliss-reactive ketones (excluding diaryl/α,β-unsaturated/α-hetero) is 1. The molecule has 0 aliphatic carbocycles. The van der Waals surface area contributed by atoms with Gasteiger partial charge in [0.15, 0.2) is 5.78 Å². The molecule has 0 atom stereocenters. The van der Waals surface area contributed by atoms with Crippen molar-refractivity contribution >= 4 is 5.78 Å². The Balaban J connectivity index is 2.93. The van der Waals surface area contributed by atoms with Crippen LogP contribution in [0.5, 0.6) is 5.75 Å². The molecular formula is C16H24O2. The van der Waals surface area contributed by atoms with Crippen molar-refractivity contribution in [3.05, 3.63) is 28.8 Å². The third-order valence-corrected chi connectivity index (χ3v) is 3.38. The van der Waals surface area contributed by atoms with Gasteiger partial charge in [-0.15, -0.1) is 0 Å². The number of hydrogen-bond acceptors (Lipinski definition) is 2. The van der Waals surface area contributed by atoms with E-state index in [9.17, 15) is 9.90 Å². The molecule has 100 valence electrons. The Hall–Kier alpha value is -1.31. The van der Waals surface area contributed by atoms with E-state index in [0.717, 1.165) is 36.0 Å². The van der Waals surface area contributed by atoms with Crippen LogP contribution in [-0.4, -0.2) is 10.9 Å². The quantitative estimate of drug-likeness (QED) is 0.573. The lowest BCUT2D eigenvalue weighted by Crippen LogP contribution is -2.06. The third-order valence-electron chi connectivity index (χ3n) is 3.38. The van der Waals surface area contributed by atoms with E-state index in [-0.39, 0.29) is 11.5 Å². The summed E-state index contributed by atoms with van der Waals surface area (Å²) >= 11 is 0. The Morgan fingerprint density at radius 3 is 2.50 bits per heavy atom. The number of benzene rings is 1. The highest BCUT2D eigenvalue weighted by Gasteiger charge is 2.15. The number of phenols is 1. The van der Waals surface area contributed by atoms with Gasteiger partial charge in [-0.1, -0.05) is 39.2 Å². The zero-order valence-electron chi connectivity index (χ0n) is 11.8. The molecule has 1 aromatic carbocycles. The van der Waals surface area contributed by atoms with Crippen LogP contribution in [-0.2, 0) is 6.42 Å². The maximum absolute atomic E-state index is 12.0. The van der Waals surface area contributed by atoms with Crippen molar-refractivity contribution in [1.82, 2.24) is 0 Å². The molecule has 1 N–H and O–H groups in total. The van der Waals surface area contributed by atoms with Crippen LogP contribution >= 0.6 is 0 Å². The first-order chi connectivity index (χ1) is 8.61. The van der Waals surface area contributed by atoms with E-state index < -0.39 is 0 Å². The number of rotatable bonds is 7. The van der Waals surface area contributed by atoms with E-state index in [1.54, 1.807) is 6.07 Å². The molecule has 18 heavy (non-hydrogen) atoms. The smallest absolute Gasteiger partial charge is 0.163 e. The fourth-order valence-corrected chi connectivity index (χ4v) is 2.30. The van der Waals surface area contributed by atoms with Crippen LogP contribution < -0.4 is 0 Å². The van der Waals surface area contributed by atoms with Gasteiger partial charge in [-0.2, -0.15) is 0 Å². The largest absolute Gasteiger partial charge is 0.508 e. The molecule has 0 radical (unpaired) electrons. The van der Waals surface area contributed by atoms with Crippen LogP contribution in [0.15, 0.2) is 12.1 Å². The lowest BCUT2D eigenvalue weighted by atomic mass is 9.92. The van der Waals surface area contributed by atoms with Gasteiger partial charge in [0.25, 0.3) is 0 Å². The first kappa shape index (κ1) is 14.7. The minimum atomic E-state index is 0.133. The molecule has 0 spiro atoms. The number of phenolic OH excluding ortho intramolecular Hbond substituents is 1. The van der Waals surface area contributed by atoms with E-state index in [1.807, 2.05) is 19.9 Å². The summed E-state index contributed by atoms with van der Waals surface area (Å²) < 4.78 is 0. The highest BCUT2D eigenvalue weighted by molar-refractivity contribution is 5.99. The van der Waals surface area contributed by atoms with Gasteiger partial charge in [0, 0.05) is 17.5 Å². The van der Waals surface area contributed by atoms with Gasteiger partial charge in [-0.3, -0.25) is 4.79 Å². The number of aryl methyl sites for hydroxylation is 1. The predicted molar refractivity (Wildman–Crippen MR) is 75.3 cm³/mol. The minimum Gasteiger partial charge on any atom is -0.508 e. The molecule has 0 fully saturated rings. The zero-order valence-corrected chi connectivity index (χ0v) is 11.8. The van der Waals surface area contributed by atoms with Crippen molar-refractivity contribution in [2.45, 2.75) is 59.3 Å². The number of aromatic hydroxyl groups is 1. The Labute approximate surface area is 110 Å². The maximum atomic E-state index is 12.0. The molecule has 0 unspecified atom stereocenters. The van der Waals surface area contributed by atoms with Crippen molar-refractivity contribution in [2.75, 3.05) is 0 Å². The molecule has 0 bridgehead atoms. The highest BCUT2D eigenvalue weighted by Crippen LogP contribution is 2.27. The van der Waals surface area contributed by atoms with E-state index in [0.29, 0.717) is 6.42 Å². The molecule has 0 amide bonds. The summed E-state index contributed by atoms with van der Waals surface area (Å²) in [5.74, 6) is 0.405. The minimum absolute atomic E-state index is 0.133. The van der Waals surface area contributed by atoms with Crippen molar-refractivity contribution in [3.8, 4) is 5.75 Å². The second kappa shape index (κ2) is 7.20. The van der Waals surface area contributed by atoms with E-state index in [4.69, 9.17) is 0 Å². The van der Waals surface area contributed by atoms with E-state index in [2.05, 4.69) is 6.92 Å². The molecule has 2 heteroatoms. The van der Waals surface area contributed by atoms with Crippen molar-refractivity contribution in [1.29, 1.82) is 0 Å². The van der Waals surface area contributed by atoms with Crippen LogP contribution in [0.3, 0.4) is 0 Å². The van der Waals surface area contributed by atoms with E-state index >= 15 is 0 Å². The second-order valence-electron chi connectivity index (χ2n) is 4.84. The Morgan fingerprint density at radius 2 is 1.89 bits per heavy atom. The summed E-state index contributed by atoms with van der Waals surface area (Å²) in [5.41, 5.74) is 2.57. The number of unbranched alkanes of at least 4 members (excludes halogenated alkanes) is 3.